The first-order valence-corrected chi connectivity index (χ1v) is 10.9. The minimum Gasteiger partial charge on any atom is -0.497 e. The van der Waals surface area contributed by atoms with Crippen LogP contribution in [0, 0.1) is 6.92 Å². The summed E-state index contributed by atoms with van der Waals surface area (Å²) in [4.78, 5) is 3.54. The standard InChI is InChI=1S/C22H24N2O4S/c1-15-22(18-6-4-5-7-19(18)23-15)16-10-12-24(13-11-16)29(25,26)21-14-17(27-2)8-9-20(21)28-3/h4-10,14,23H,11-13H2,1-3H3. The normalized spacial score (nSPS) is 15.3. The zero-order valence-corrected chi connectivity index (χ0v) is 17.5. The molecule has 0 fully saturated rings. The zero-order valence-electron chi connectivity index (χ0n) is 16.7. The molecule has 1 aliphatic heterocycles. The highest BCUT2D eigenvalue weighted by molar-refractivity contribution is 7.89. The largest absolute Gasteiger partial charge is 0.497 e. The minimum atomic E-state index is -3.71. The lowest BCUT2D eigenvalue weighted by atomic mass is 9.97. The number of ether oxygens (including phenoxy) is 2. The second kappa shape index (κ2) is 7.57. The molecule has 0 amide bonds. The molecular weight excluding hydrogens is 388 g/mol. The molecule has 0 bridgehead atoms. The summed E-state index contributed by atoms with van der Waals surface area (Å²) >= 11 is 0. The number of aryl methyl sites for hydroxylation is 1. The predicted octanol–water partition coefficient (Wildman–Crippen LogP) is 3.97. The fourth-order valence-electron chi connectivity index (χ4n) is 3.91. The number of hydrogen-bond donors (Lipinski definition) is 1. The number of fused-ring (bicyclic) bond motifs is 1. The SMILES string of the molecule is COc1ccc(OC)c(S(=O)(=O)N2CC=C(c3c(C)[nH]c4ccccc34)CC2)c1. The molecule has 0 spiro atoms. The van der Waals surface area contributed by atoms with Gasteiger partial charge in [0.2, 0.25) is 10.0 Å². The molecule has 1 aromatic heterocycles. The number of rotatable bonds is 5. The number of sulfonamides is 1. The lowest BCUT2D eigenvalue weighted by molar-refractivity contribution is 0.386. The number of H-pyrrole nitrogens is 1. The van der Waals surface area contributed by atoms with Crippen LogP contribution in [0.15, 0.2) is 53.4 Å². The number of aromatic amines is 1. The molecule has 0 atom stereocenters. The third-order valence-electron chi connectivity index (χ3n) is 5.38. The van der Waals surface area contributed by atoms with Gasteiger partial charge in [0.15, 0.2) is 0 Å². The van der Waals surface area contributed by atoms with Crippen LogP contribution in [0.4, 0.5) is 0 Å². The summed E-state index contributed by atoms with van der Waals surface area (Å²) in [6.07, 6.45) is 2.66. The molecule has 0 aliphatic carbocycles. The Morgan fingerprint density at radius 2 is 1.86 bits per heavy atom. The van der Waals surface area contributed by atoms with Crippen molar-refractivity contribution in [3.8, 4) is 11.5 Å². The maximum atomic E-state index is 13.3. The van der Waals surface area contributed by atoms with E-state index in [9.17, 15) is 8.42 Å². The first-order chi connectivity index (χ1) is 14.0. The van der Waals surface area contributed by atoms with Gasteiger partial charge in [0.05, 0.1) is 14.2 Å². The highest BCUT2D eigenvalue weighted by Gasteiger charge is 2.30. The summed E-state index contributed by atoms with van der Waals surface area (Å²) < 4.78 is 38.5. The Kier molecular flexibility index (Phi) is 5.10. The molecular formula is C22H24N2O4S. The summed E-state index contributed by atoms with van der Waals surface area (Å²) in [6, 6.07) is 13.0. The lowest BCUT2D eigenvalue weighted by Crippen LogP contribution is -2.35. The number of aromatic nitrogens is 1. The van der Waals surface area contributed by atoms with Gasteiger partial charge in [-0.05, 0) is 37.1 Å². The number of methoxy groups -OCH3 is 2. The van der Waals surface area contributed by atoms with E-state index in [0.717, 1.165) is 11.2 Å². The van der Waals surface area contributed by atoms with E-state index in [1.165, 1.54) is 41.1 Å². The van der Waals surface area contributed by atoms with Gasteiger partial charge in [-0.3, -0.25) is 0 Å². The summed E-state index contributed by atoms with van der Waals surface area (Å²) in [5, 5.41) is 1.17. The Morgan fingerprint density at radius 1 is 1.07 bits per heavy atom. The van der Waals surface area contributed by atoms with Crippen LogP contribution in [-0.2, 0) is 10.0 Å². The Balaban J connectivity index is 1.67. The van der Waals surface area contributed by atoms with Crippen molar-refractivity contribution in [2.24, 2.45) is 0 Å². The number of nitrogens with zero attached hydrogens (tertiary/aromatic N) is 1. The summed E-state index contributed by atoms with van der Waals surface area (Å²) in [7, 11) is -0.728. The monoisotopic (exact) mass is 412 g/mol. The highest BCUT2D eigenvalue weighted by Crippen LogP contribution is 2.35. The van der Waals surface area contributed by atoms with E-state index < -0.39 is 10.0 Å². The van der Waals surface area contributed by atoms with Crippen molar-refractivity contribution in [2.75, 3.05) is 27.3 Å². The zero-order chi connectivity index (χ0) is 20.6. The topological polar surface area (TPSA) is 71.6 Å². The number of benzene rings is 2. The van der Waals surface area contributed by atoms with Gasteiger partial charge in [-0.2, -0.15) is 4.31 Å². The lowest BCUT2D eigenvalue weighted by Gasteiger charge is -2.27. The summed E-state index contributed by atoms with van der Waals surface area (Å²) in [5.41, 5.74) is 4.54. The van der Waals surface area contributed by atoms with Crippen LogP contribution in [0.5, 0.6) is 11.5 Å². The average molecular weight is 413 g/mol. The molecule has 0 saturated carbocycles. The Hall–Kier alpha value is -2.77. The van der Waals surface area contributed by atoms with Crippen LogP contribution >= 0.6 is 0 Å². The van der Waals surface area contributed by atoms with Crippen molar-refractivity contribution in [2.45, 2.75) is 18.2 Å². The van der Waals surface area contributed by atoms with Crippen LogP contribution in [0.2, 0.25) is 0 Å². The van der Waals surface area contributed by atoms with Gasteiger partial charge >= 0.3 is 0 Å². The molecule has 2 aromatic carbocycles. The van der Waals surface area contributed by atoms with Crippen LogP contribution in [0.3, 0.4) is 0 Å². The van der Waals surface area contributed by atoms with E-state index in [4.69, 9.17) is 9.47 Å². The van der Waals surface area contributed by atoms with Crippen LogP contribution < -0.4 is 9.47 Å². The van der Waals surface area contributed by atoms with Gasteiger partial charge in [-0.15, -0.1) is 0 Å². The third kappa shape index (κ3) is 3.41. The van der Waals surface area contributed by atoms with E-state index in [0.29, 0.717) is 31.0 Å². The predicted molar refractivity (Wildman–Crippen MR) is 114 cm³/mol. The first-order valence-electron chi connectivity index (χ1n) is 9.44. The number of hydrogen-bond acceptors (Lipinski definition) is 4. The second-order valence-corrected chi connectivity index (χ2v) is 8.94. The van der Waals surface area contributed by atoms with Crippen molar-refractivity contribution in [1.29, 1.82) is 0 Å². The van der Waals surface area contributed by atoms with E-state index in [2.05, 4.69) is 24.0 Å². The van der Waals surface area contributed by atoms with E-state index in [-0.39, 0.29) is 4.90 Å². The maximum absolute atomic E-state index is 13.3. The van der Waals surface area contributed by atoms with E-state index in [1.807, 2.05) is 18.2 Å². The van der Waals surface area contributed by atoms with Crippen LogP contribution in [-0.4, -0.2) is 45.0 Å². The molecule has 7 heteroatoms. The quantitative estimate of drug-likeness (QED) is 0.688. The number of para-hydroxylation sites is 1. The molecule has 1 N–H and O–H groups in total. The molecule has 2 heterocycles. The Bertz CT molecular complexity index is 1190. The van der Waals surface area contributed by atoms with Gasteiger partial charge in [-0.1, -0.05) is 24.3 Å². The third-order valence-corrected chi connectivity index (χ3v) is 7.26. The molecule has 0 radical (unpaired) electrons. The molecule has 0 unspecified atom stereocenters. The molecule has 4 rings (SSSR count). The van der Waals surface area contributed by atoms with Gasteiger partial charge in [-0.25, -0.2) is 8.42 Å². The Labute approximate surface area is 170 Å². The van der Waals surface area contributed by atoms with Crippen molar-refractivity contribution in [3.63, 3.8) is 0 Å². The van der Waals surface area contributed by atoms with Gasteiger partial charge in [0.1, 0.15) is 16.4 Å². The molecule has 6 nitrogen and oxygen atoms in total. The summed E-state index contributed by atoms with van der Waals surface area (Å²) in [5.74, 6) is 0.792. The van der Waals surface area contributed by atoms with Crippen molar-refractivity contribution >= 4 is 26.5 Å². The average Bonchev–Trinajstić information content (AvgIpc) is 3.09. The first kappa shape index (κ1) is 19.5. The fraction of sp³-hybridized carbons (Fsp3) is 0.273. The molecule has 3 aromatic rings. The van der Waals surface area contributed by atoms with E-state index >= 15 is 0 Å². The van der Waals surface area contributed by atoms with Gasteiger partial charge < -0.3 is 14.5 Å². The minimum absolute atomic E-state index is 0.125. The maximum Gasteiger partial charge on any atom is 0.247 e. The molecule has 152 valence electrons. The van der Waals surface area contributed by atoms with Crippen molar-refractivity contribution in [1.82, 2.24) is 9.29 Å². The molecule has 29 heavy (non-hydrogen) atoms. The van der Waals surface area contributed by atoms with E-state index in [1.54, 1.807) is 12.1 Å². The van der Waals surface area contributed by atoms with Crippen molar-refractivity contribution in [3.05, 3.63) is 59.8 Å². The number of nitrogens with one attached hydrogen (secondary N) is 1. The fourth-order valence-corrected chi connectivity index (χ4v) is 5.46. The second-order valence-electron chi connectivity index (χ2n) is 7.03. The highest BCUT2D eigenvalue weighted by atomic mass is 32.2. The Morgan fingerprint density at radius 3 is 2.55 bits per heavy atom. The molecule has 0 saturated heterocycles. The van der Waals surface area contributed by atoms with Gasteiger partial charge in [0.25, 0.3) is 0 Å². The van der Waals surface area contributed by atoms with Crippen molar-refractivity contribution < 1.29 is 17.9 Å². The smallest absolute Gasteiger partial charge is 0.247 e. The van der Waals surface area contributed by atoms with Gasteiger partial charge in [0, 0.05) is 41.3 Å². The molecule has 1 aliphatic rings. The summed E-state index contributed by atoms with van der Waals surface area (Å²) in [6.45, 7) is 2.78. The van der Waals surface area contributed by atoms with Crippen LogP contribution in [0.1, 0.15) is 17.7 Å². The van der Waals surface area contributed by atoms with Crippen LogP contribution in [0.25, 0.3) is 16.5 Å².